The lowest BCUT2D eigenvalue weighted by atomic mass is 9.83. The number of carbonyl (C=O) groups is 1. The van der Waals surface area contributed by atoms with Crippen molar-refractivity contribution in [3.63, 3.8) is 0 Å². The van der Waals surface area contributed by atoms with Gasteiger partial charge in [0.1, 0.15) is 0 Å². The van der Waals surface area contributed by atoms with E-state index in [4.69, 9.17) is 5.73 Å². The van der Waals surface area contributed by atoms with Crippen LogP contribution in [0.1, 0.15) is 64.2 Å². The Bertz CT molecular complexity index is 301. The average molecular weight is 282 g/mol. The number of likely N-dealkylation sites (tertiary alicyclic amines) is 1. The minimum Gasteiger partial charge on any atom is -0.394 e. The fourth-order valence-electron chi connectivity index (χ4n) is 3.64. The zero-order valence-corrected chi connectivity index (χ0v) is 12.6. The van der Waals surface area contributed by atoms with Crippen molar-refractivity contribution < 1.29 is 9.90 Å². The molecule has 1 aliphatic carbocycles. The fraction of sp³-hybridized carbons (Fsp3) is 0.938. The smallest absolute Gasteiger partial charge is 0.222 e. The van der Waals surface area contributed by atoms with E-state index < -0.39 is 0 Å². The van der Waals surface area contributed by atoms with Crippen LogP contribution in [-0.2, 0) is 4.79 Å². The Morgan fingerprint density at radius 3 is 2.55 bits per heavy atom. The average Bonchev–Trinajstić information content (AvgIpc) is 2.71. The molecule has 3 N–H and O–H groups in total. The Hall–Kier alpha value is -0.610. The Kier molecular flexibility index (Phi) is 6.30. The van der Waals surface area contributed by atoms with Crippen molar-refractivity contribution in [1.29, 1.82) is 0 Å². The van der Waals surface area contributed by atoms with Gasteiger partial charge in [0.15, 0.2) is 0 Å². The number of aliphatic hydroxyl groups is 1. The van der Waals surface area contributed by atoms with Crippen molar-refractivity contribution in [2.75, 3.05) is 13.2 Å². The second-order valence-electron chi connectivity index (χ2n) is 6.59. The zero-order chi connectivity index (χ0) is 14.4. The van der Waals surface area contributed by atoms with E-state index in [0.717, 1.165) is 45.1 Å². The molecular weight excluding hydrogens is 252 g/mol. The van der Waals surface area contributed by atoms with Crippen molar-refractivity contribution in [1.82, 2.24) is 4.90 Å². The molecule has 1 aliphatic heterocycles. The fourth-order valence-corrected chi connectivity index (χ4v) is 3.64. The summed E-state index contributed by atoms with van der Waals surface area (Å²) in [7, 11) is 0. The predicted molar refractivity (Wildman–Crippen MR) is 80.2 cm³/mol. The SMILES string of the molecule is NC1CCC(CCC(=O)N2CCCCCC2CO)CC1. The van der Waals surface area contributed by atoms with Crippen LogP contribution in [0.25, 0.3) is 0 Å². The number of carbonyl (C=O) groups excluding carboxylic acids is 1. The molecule has 20 heavy (non-hydrogen) atoms. The monoisotopic (exact) mass is 282 g/mol. The normalized spacial score (nSPS) is 31.9. The van der Waals surface area contributed by atoms with Gasteiger partial charge in [-0.15, -0.1) is 0 Å². The Morgan fingerprint density at radius 1 is 1.10 bits per heavy atom. The second kappa shape index (κ2) is 7.99. The molecule has 0 radical (unpaired) electrons. The van der Waals surface area contributed by atoms with Crippen molar-refractivity contribution in [2.45, 2.75) is 76.3 Å². The summed E-state index contributed by atoms with van der Waals surface area (Å²) in [4.78, 5) is 14.4. The van der Waals surface area contributed by atoms with Crippen LogP contribution in [0.4, 0.5) is 0 Å². The summed E-state index contributed by atoms with van der Waals surface area (Å²) in [6, 6.07) is 0.441. The lowest BCUT2D eigenvalue weighted by Gasteiger charge is -2.30. The zero-order valence-electron chi connectivity index (χ0n) is 12.6. The van der Waals surface area contributed by atoms with Gasteiger partial charge in [-0.3, -0.25) is 4.79 Å². The van der Waals surface area contributed by atoms with Gasteiger partial charge >= 0.3 is 0 Å². The van der Waals surface area contributed by atoms with E-state index in [0.29, 0.717) is 18.4 Å². The maximum absolute atomic E-state index is 12.4. The molecule has 1 saturated carbocycles. The number of hydrogen-bond acceptors (Lipinski definition) is 3. The lowest BCUT2D eigenvalue weighted by Crippen LogP contribution is -2.42. The standard InChI is InChI=1S/C16H30N2O2/c17-14-8-5-13(6-9-14)7-10-16(20)18-11-3-1-2-4-15(18)12-19/h13-15,19H,1-12,17H2. The number of nitrogens with zero attached hydrogens (tertiary/aromatic N) is 1. The third kappa shape index (κ3) is 4.45. The van der Waals surface area contributed by atoms with Gasteiger partial charge in [-0.1, -0.05) is 12.8 Å². The molecule has 1 atom stereocenters. The van der Waals surface area contributed by atoms with Crippen LogP contribution in [0.5, 0.6) is 0 Å². The van der Waals surface area contributed by atoms with Crippen molar-refractivity contribution in [3.8, 4) is 0 Å². The van der Waals surface area contributed by atoms with E-state index in [2.05, 4.69) is 0 Å². The molecule has 1 heterocycles. The molecule has 1 unspecified atom stereocenters. The van der Waals surface area contributed by atoms with Gasteiger partial charge in [-0.25, -0.2) is 0 Å². The summed E-state index contributed by atoms with van der Waals surface area (Å²) in [5.74, 6) is 0.930. The Balaban J connectivity index is 1.77. The second-order valence-corrected chi connectivity index (χ2v) is 6.59. The topological polar surface area (TPSA) is 66.6 Å². The van der Waals surface area contributed by atoms with E-state index in [9.17, 15) is 9.90 Å². The molecule has 0 spiro atoms. The number of amides is 1. The molecule has 2 rings (SSSR count). The number of aliphatic hydroxyl groups excluding tert-OH is 1. The van der Waals surface area contributed by atoms with Gasteiger partial charge in [0.25, 0.3) is 0 Å². The third-order valence-corrected chi connectivity index (χ3v) is 5.07. The summed E-state index contributed by atoms with van der Waals surface area (Å²) in [6.07, 6.45) is 10.6. The minimum absolute atomic E-state index is 0.0600. The predicted octanol–water partition coefficient (Wildman–Crippen LogP) is 2.05. The maximum atomic E-state index is 12.4. The summed E-state index contributed by atoms with van der Waals surface area (Å²) >= 11 is 0. The highest BCUT2D eigenvalue weighted by Gasteiger charge is 2.26. The van der Waals surface area contributed by atoms with Crippen LogP contribution in [0.3, 0.4) is 0 Å². The van der Waals surface area contributed by atoms with Crippen LogP contribution in [0.15, 0.2) is 0 Å². The largest absolute Gasteiger partial charge is 0.394 e. The highest BCUT2D eigenvalue weighted by Crippen LogP contribution is 2.27. The maximum Gasteiger partial charge on any atom is 0.222 e. The molecule has 0 aromatic rings. The van der Waals surface area contributed by atoms with Crippen molar-refractivity contribution in [2.24, 2.45) is 11.7 Å². The van der Waals surface area contributed by atoms with E-state index >= 15 is 0 Å². The Labute approximate surface area is 122 Å². The van der Waals surface area contributed by atoms with Crippen LogP contribution >= 0.6 is 0 Å². The van der Waals surface area contributed by atoms with Crippen molar-refractivity contribution >= 4 is 5.91 Å². The van der Waals surface area contributed by atoms with Crippen LogP contribution < -0.4 is 5.73 Å². The molecule has 2 aliphatic rings. The number of rotatable bonds is 4. The highest BCUT2D eigenvalue weighted by atomic mass is 16.3. The summed E-state index contributed by atoms with van der Waals surface area (Å²) in [5, 5.41) is 9.47. The molecule has 0 aromatic carbocycles. The lowest BCUT2D eigenvalue weighted by molar-refractivity contribution is -0.134. The van der Waals surface area contributed by atoms with Gasteiger partial charge < -0.3 is 15.7 Å². The van der Waals surface area contributed by atoms with E-state index in [-0.39, 0.29) is 18.6 Å². The first-order valence-corrected chi connectivity index (χ1v) is 8.36. The first-order chi connectivity index (χ1) is 9.70. The van der Waals surface area contributed by atoms with Crippen LogP contribution in [-0.4, -0.2) is 41.1 Å². The van der Waals surface area contributed by atoms with Crippen LogP contribution in [0.2, 0.25) is 0 Å². The minimum atomic E-state index is 0.0600. The Morgan fingerprint density at radius 2 is 1.85 bits per heavy atom. The molecule has 4 heteroatoms. The number of hydrogen-bond donors (Lipinski definition) is 2. The molecule has 4 nitrogen and oxygen atoms in total. The summed E-state index contributed by atoms with van der Waals surface area (Å²) in [6.45, 7) is 0.948. The molecule has 116 valence electrons. The van der Waals surface area contributed by atoms with E-state index in [1.54, 1.807) is 0 Å². The van der Waals surface area contributed by atoms with Gasteiger partial charge in [0.2, 0.25) is 5.91 Å². The summed E-state index contributed by atoms with van der Waals surface area (Å²) in [5.41, 5.74) is 5.92. The van der Waals surface area contributed by atoms with Gasteiger partial charge in [-0.2, -0.15) is 0 Å². The summed E-state index contributed by atoms with van der Waals surface area (Å²) < 4.78 is 0. The highest BCUT2D eigenvalue weighted by molar-refractivity contribution is 5.76. The number of nitrogens with two attached hydrogens (primary N) is 1. The molecular formula is C16H30N2O2. The molecule has 1 amide bonds. The molecule has 2 fully saturated rings. The molecule has 0 aromatic heterocycles. The van der Waals surface area contributed by atoms with Gasteiger partial charge in [-0.05, 0) is 50.9 Å². The van der Waals surface area contributed by atoms with Crippen LogP contribution in [0, 0.1) is 5.92 Å². The first-order valence-electron chi connectivity index (χ1n) is 8.36. The first kappa shape index (κ1) is 15.8. The van der Waals surface area contributed by atoms with Crippen molar-refractivity contribution in [3.05, 3.63) is 0 Å². The van der Waals surface area contributed by atoms with Gasteiger partial charge in [0.05, 0.1) is 12.6 Å². The quantitative estimate of drug-likeness (QED) is 0.829. The third-order valence-electron chi connectivity index (χ3n) is 5.07. The van der Waals surface area contributed by atoms with E-state index in [1.807, 2.05) is 4.90 Å². The molecule has 0 bridgehead atoms. The van der Waals surface area contributed by atoms with E-state index in [1.165, 1.54) is 19.3 Å². The molecule has 1 saturated heterocycles. The van der Waals surface area contributed by atoms with Gasteiger partial charge in [0, 0.05) is 19.0 Å².